The molecule has 1 heterocycles. The molecule has 0 fully saturated rings. The Labute approximate surface area is 123 Å². The first-order valence-corrected chi connectivity index (χ1v) is 6.86. The van der Waals surface area contributed by atoms with Crippen molar-refractivity contribution in [2.75, 3.05) is 5.32 Å². The van der Waals surface area contributed by atoms with Gasteiger partial charge in [0.05, 0.1) is 16.8 Å². The maximum atomic E-state index is 9.27. The molecule has 0 atom stereocenters. The Kier molecular flexibility index (Phi) is 3.53. The number of nitrogens with zero attached hydrogens (tertiary/aromatic N) is 2. The number of para-hydroxylation sites is 1. The summed E-state index contributed by atoms with van der Waals surface area (Å²) in [6.07, 6.45) is 1.80. The number of benzene rings is 2. The second kappa shape index (κ2) is 5.64. The van der Waals surface area contributed by atoms with Crippen LogP contribution in [0.15, 0.2) is 54.7 Å². The van der Waals surface area contributed by atoms with Gasteiger partial charge in [0, 0.05) is 18.1 Å². The van der Waals surface area contributed by atoms with E-state index in [1.807, 2.05) is 37.3 Å². The lowest BCUT2D eigenvalue weighted by atomic mass is 10.1. The summed E-state index contributed by atoms with van der Waals surface area (Å²) in [6.45, 7) is 2.59. The molecule has 0 bridgehead atoms. The first kappa shape index (κ1) is 13.1. The van der Waals surface area contributed by atoms with Gasteiger partial charge in [0.25, 0.3) is 0 Å². The number of fused-ring (bicyclic) bond motifs is 1. The van der Waals surface area contributed by atoms with Crippen LogP contribution in [-0.2, 0) is 6.54 Å². The zero-order valence-electron chi connectivity index (χ0n) is 11.8. The summed E-state index contributed by atoms with van der Waals surface area (Å²) in [5.74, 6) is 0. The minimum absolute atomic E-state index is 0.645. The van der Waals surface area contributed by atoms with Crippen molar-refractivity contribution in [2.24, 2.45) is 0 Å². The number of rotatable bonds is 3. The molecule has 3 aromatic rings. The van der Waals surface area contributed by atoms with Crippen molar-refractivity contribution in [2.45, 2.75) is 13.5 Å². The first-order chi connectivity index (χ1) is 10.3. The number of aromatic nitrogens is 1. The van der Waals surface area contributed by atoms with Crippen molar-refractivity contribution < 1.29 is 0 Å². The molecule has 0 amide bonds. The van der Waals surface area contributed by atoms with Crippen molar-refractivity contribution in [1.82, 2.24) is 4.98 Å². The van der Waals surface area contributed by atoms with Gasteiger partial charge in [-0.1, -0.05) is 36.4 Å². The summed E-state index contributed by atoms with van der Waals surface area (Å²) in [5, 5.41) is 13.7. The number of anilines is 1. The van der Waals surface area contributed by atoms with E-state index in [9.17, 15) is 5.26 Å². The number of aryl methyl sites for hydroxylation is 1. The zero-order valence-corrected chi connectivity index (χ0v) is 11.8. The van der Waals surface area contributed by atoms with Crippen molar-refractivity contribution >= 4 is 16.6 Å². The fourth-order valence-electron chi connectivity index (χ4n) is 2.46. The highest BCUT2D eigenvalue weighted by atomic mass is 14.9. The van der Waals surface area contributed by atoms with E-state index < -0.39 is 0 Å². The lowest BCUT2D eigenvalue weighted by Gasteiger charge is -2.11. The summed E-state index contributed by atoms with van der Waals surface area (Å²) in [6, 6.07) is 18.2. The molecule has 102 valence electrons. The van der Waals surface area contributed by atoms with Crippen LogP contribution in [0.2, 0.25) is 0 Å². The molecule has 3 rings (SSSR count). The van der Waals surface area contributed by atoms with Crippen LogP contribution in [0.5, 0.6) is 0 Å². The number of hydrogen-bond donors (Lipinski definition) is 1. The van der Waals surface area contributed by atoms with Gasteiger partial charge in [0.15, 0.2) is 0 Å². The number of pyridine rings is 1. The highest BCUT2D eigenvalue weighted by molar-refractivity contribution is 5.81. The van der Waals surface area contributed by atoms with Crippen LogP contribution in [0.1, 0.15) is 16.7 Å². The number of hydrogen-bond acceptors (Lipinski definition) is 3. The molecule has 0 saturated heterocycles. The topological polar surface area (TPSA) is 48.7 Å². The Bertz CT molecular complexity index is 826. The SMILES string of the molecule is Cc1cccc(NCc2cccc3cccnc23)c1C#N. The van der Waals surface area contributed by atoms with Gasteiger partial charge >= 0.3 is 0 Å². The summed E-state index contributed by atoms with van der Waals surface area (Å²) >= 11 is 0. The summed E-state index contributed by atoms with van der Waals surface area (Å²) in [7, 11) is 0. The third-order valence-electron chi connectivity index (χ3n) is 3.57. The Hall–Kier alpha value is -2.86. The van der Waals surface area contributed by atoms with E-state index in [1.54, 1.807) is 6.20 Å². The molecule has 0 aliphatic carbocycles. The average Bonchev–Trinajstić information content (AvgIpc) is 2.53. The van der Waals surface area contributed by atoms with E-state index in [0.29, 0.717) is 12.1 Å². The molecule has 2 aromatic carbocycles. The van der Waals surface area contributed by atoms with E-state index in [0.717, 1.165) is 27.7 Å². The Morgan fingerprint density at radius 3 is 2.76 bits per heavy atom. The van der Waals surface area contributed by atoms with Crippen LogP contribution in [0.25, 0.3) is 10.9 Å². The maximum absolute atomic E-state index is 9.27. The Morgan fingerprint density at radius 1 is 1.10 bits per heavy atom. The van der Waals surface area contributed by atoms with Crippen LogP contribution >= 0.6 is 0 Å². The standard InChI is InChI=1S/C18H15N3/c1-13-5-2-9-17(16(13)11-19)21-12-15-7-3-6-14-8-4-10-20-18(14)15/h2-10,21H,12H2,1H3. The molecule has 0 aliphatic heterocycles. The van der Waals surface area contributed by atoms with Gasteiger partial charge in [-0.2, -0.15) is 5.26 Å². The highest BCUT2D eigenvalue weighted by Crippen LogP contribution is 2.21. The van der Waals surface area contributed by atoms with Crippen LogP contribution < -0.4 is 5.32 Å². The molecule has 21 heavy (non-hydrogen) atoms. The fraction of sp³-hybridized carbons (Fsp3) is 0.111. The van der Waals surface area contributed by atoms with E-state index in [2.05, 4.69) is 34.6 Å². The highest BCUT2D eigenvalue weighted by Gasteiger charge is 2.06. The maximum Gasteiger partial charge on any atom is 0.102 e. The second-order valence-corrected chi connectivity index (χ2v) is 4.96. The van der Waals surface area contributed by atoms with Crippen LogP contribution in [0, 0.1) is 18.3 Å². The van der Waals surface area contributed by atoms with Crippen molar-refractivity contribution in [1.29, 1.82) is 5.26 Å². The number of nitrogens with one attached hydrogen (secondary N) is 1. The molecular weight excluding hydrogens is 258 g/mol. The molecule has 3 heteroatoms. The van der Waals surface area contributed by atoms with E-state index in [-0.39, 0.29) is 0 Å². The zero-order chi connectivity index (χ0) is 14.7. The Balaban J connectivity index is 1.91. The molecule has 3 nitrogen and oxygen atoms in total. The van der Waals surface area contributed by atoms with E-state index in [1.165, 1.54) is 0 Å². The monoisotopic (exact) mass is 273 g/mol. The van der Waals surface area contributed by atoms with Gasteiger partial charge in [0.2, 0.25) is 0 Å². The molecule has 1 aromatic heterocycles. The molecular formula is C18H15N3. The van der Waals surface area contributed by atoms with Crippen LogP contribution in [0.4, 0.5) is 5.69 Å². The van der Waals surface area contributed by atoms with Gasteiger partial charge in [-0.05, 0) is 30.2 Å². The van der Waals surface area contributed by atoms with Gasteiger partial charge in [-0.15, -0.1) is 0 Å². The van der Waals surface area contributed by atoms with E-state index in [4.69, 9.17) is 0 Å². The largest absolute Gasteiger partial charge is 0.380 e. The van der Waals surface area contributed by atoms with Gasteiger partial charge < -0.3 is 5.32 Å². The molecule has 0 radical (unpaired) electrons. The van der Waals surface area contributed by atoms with Crippen LogP contribution in [0.3, 0.4) is 0 Å². The third-order valence-corrected chi connectivity index (χ3v) is 3.57. The molecule has 0 spiro atoms. The molecule has 0 unspecified atom stereocenters. The summed E-state index contributed by atoms with van der Waals surface area (Å²) in [5.41, 5.74) is 4.67. The predicted octanol–water partition coefficient (Wildman–Crippen LogP) is 4.03. The average molecular weight is 273 g/mol. The Morgan fingerprint density at radius 2 is 1.90 bits per heavy atom. The second-order valence-electron chi connectivity index (χ2n) is 4.96. The van der Waals surface area contributed by atoms with Crippen molar-refractivity contribution in [3.8, 4) is 6.07 Å². The van der Waals surface area contributed by atoms with Gasteiger partial charge in [-0.25, -0.2) is 0 Å². The summed E-state index contributed by atoms with van der Waals surface area (Å²) in [4.78, 5) is 4.45. The minimum Gasteiger partial charge on any atom is -0.380 e. The first-order valence-electron chi connectivity index (χ1n) is 6.86. The number of nitriles is 1. The molecule has 0 aliphatic rings. The molecule has 0 saturated carbocycles. The fourth-order valence-corrected chi connectivity index (χ4v) is 2.46. The van der Waals surface area contributed by atoms with Crippen molar-refractivity contribution in [3.05, 3.63) is 71.4 Å². The minimum atomic E-state index is 0.645. The van der Waals surface area contributed by atoms with Gasteiger partial charge in [0.1, 0.15) is 6.07 Å². The lowest BCUT2D eigenvalue weighted by Crippen LogP contribution is -2.03. The van der Waals surface area contributed by atoms with Crippen molar-refractivity contribution in [3.63, 3.8) is 0 Å². The third kappa shape index (κ3) is 2.56. The predicted molar refractivity (Wildman–Crippen MR) is 85.0 cm³/mol. The van der Waals surface area contributed by atoms with Gasteiger partial charge in [-0.3, -0.25) is 4.98 Å². The quantitative estimate of drug-likeness (QED) is 0.783. The van der Waals surface area contributed by atoms with E-state index >= 15 is 0 Å². The normalized spacial score (nSPS) is 10.3. The molecule has 1 N–H and O–H groups in total. The summed E-state index contributed by atoms with van der Waals surface area (Å²) < 4.78 is 0. The lowest BCUT2D eigenvalue weighted by molar-refractivity contribution is 1.15. The smallest absolute Gasteiger partial charge is 0.102 e. The van der Waals surface area contributed by atoms with Crippen LogP contribution in [-0.4, -0.2) is 4.98 Å².